The second-order valence-corrected chi connectivity index (χ2v) is 5.37. The summed E-state index contributed by atoms with van der Waals surface area (Å²) in [5.41, 5.74) is 5.51. The van der Waals surface area contributed by atoms with Crippen molar-refractivity contribution >= 4 is 21.7 Å². The number of carbonyl (C=O) groups excluding carboxylic acids is 1. The van der Waals surface area contributed by atoms with Gasteiger partial charge >= 0.3 is 0 Å². The van der Waals surface area contributed by atoms with Gasteiger partial charge in [0, 0.05) is 12.0 Å². The molecule has 0 amide bonds. The monoisotopic (exact) mass is 315 g/mol. The highest BCUT2D eigenvalue weighted by atomic mass is 79.9. The van der Waals surface area contributed by atoms with Crippen molar-refractivity contribution in [3.8, 4) is 11.5 Å². The van der Waals surface area contributed by atoms with E-state index in [1.807, 2.05) is 13.8 Å². The van der Waals surface area contributed by atoms with E-state index in [4.69, 9.17) is 15.2 Å². The first kappa shape index (κ1) is 15.0. The average Bonchev–Trinajstić information content (AvgIpc) is 2.37. The Morgan fingerprint density at radius 2 is 1.94 bits per heavy atom. The zero-order valence-electron chi connectivity index (χ0n) is 11.0. The van der Waals surface area contributed by atoms with E-state index in [1.54, 1.807) is 19.2 Å². The molecule has 0 aliphatic rings. The molecule has 0 bridgehead atoms. The lowest BCUT2D eigenvalue weighted by Crippen LogP contribution is -2.33. The van der Waals surface area contributed by atoms with Gasteiger partial charge in [-0.05, 0) is 28.1 Å². The SMILES string of the molecule is COc1ccc(C(=O)C(C)(C)CN)c(OC)c1Br. The number of ether oxygens (including phenoxy) is 2. The van der Waals surface area contributed by atoms with Gasteiger partial charge in [-0.2, -0.15) is 0 Å². The van der Waals surface area contributed by atoms with E-state index < -0.39 is 5.41 Å². The van der Waals surface area contributed by atoms with Crippen LogP contribution in [0.25, 0.3) is 0 Å². The number of halogens is 1. The fourth-order valence-corrected chi connectivity index (χ4v) is 2.20. The maximum atomic E-state index is 12.4. The predicted octanol–water partition coefficient (Wildman–Crippen LogP) is 2.63. The lowest BCUT2D eigenvalue weighted by Gasteiger charge is -2.22. The molecule has 2 N–H and O–H groups in total. The van der Waals surface area contributed by atoms with Crippen LogP contribution in [0, 0.1) is 5.41 Å². The molecule has 0 fully saturated rings. The summed E-state index contributed by atoms with van der Waals surface area (Å²) in [5, 5.41) is 0. The first-order valence-electron chi connectivity index (χ1n) is 5.54. The van der Waals surface area contributed by atoms with Crippen molar-refractivity contribution in [2.45, 2.75) is 13.8 Å². The molecular weight excluding hydrogens is 298 g/mol. The Morgan fingerprint density at radius 3 is 2.39 bits per heavy atom. The molecule has 0 radical (unpaired) electrons. The van der Waals surface area contributed by atoms with Crippen LogP contribution in [0.15, 0.2) is 16.6 Å². The number of carbonyl (C=O) groups is 1. The highest BCUT2D eigenvalue weighted by Crippen LogP contribution is 2.39. The van der Waals surface area contributed by atoms with E-state index in [9.17, 15) is 4.79 Å². The van der Waals surface area contributed by atoms with E-state index in [-0.39, 0.29) is 12.3 Å². The molecule has 0 spiro atoms. The summed E-state index contributed by atoms with van der Waals surface area (Å²) in [4.78, 5) is 12.4. The van der Waals surface area contributed by atoms with Crippen LogP contribution >= 0.6 is 15.9 Å². The molecule has 0 unspecified atom stereocenters. The van der Waals surface area contributed by atoms with Gasteiger partial charge in [0.05, 0.1) is 19.8 Å². The third-order valence-electron chi connectivity index (χ3n) is 2.86. The molecule has 0 aliphatic heterocycles. The molecule has 100 valence electrons. The molecule has 0 heterocycles. The molecule has 1 aromatic carbocycles. The van der Waals surface area contributed by atoms with E-state index in [0.717, 1.165) is 0 Å². The van der Waals surface area contributed by atoms with Crippen LogP contribution in [0.4, 0.5) is 0 Å². The number of hydrogen-bond donors (Lipinski definition) is 1. The zero-order chi connectivity index (χ0) is 13.9. The summed E-state index contributed by atoms with van der Waals surface area (Å²) in [5.74, 6) is 1.04. The van der Waals surface area contributed by atoms with Crippen molar-refractivity contribution in [2.24, 2.45) is 11.1 Å². The number of hydrogen-bond acceptors (Lipinski definition) is 4. The number of rotatable bonds is 5. The van der Waals surface area contributed by atoms with Gasteiger partial charge in [-0.3, -0.25) is 4.79 Å². The van der Waals surface area contributed by atoms with Crippen molar-refractivity contribution in [1.82, 2.24) is 0 Å². The smallest absolute Gasteiger partial charge is 0.173 e. The van der Waals surface area contributed by atoms with E-state index >= 15 is 0 Å². The molecule has 1 rings (SSSR count). The quantitative estimate of drug-likeness (QED) is 0.848. The van der Waals surface area contributed by atoms with Crippen molar-refractivity contribution in [3.05, 3.63) is 22.2 Å². The second-order valence-electron chi connectivity index (χ2n) is 4.58. The highest BCUT2D eigenvalue weighted by Gasteiger charge is 2.30. The summed E-state index contributed by atoms with van der Waals surface area (Å²) < 4.78 is 11.1. The van der Waals surface area contributed by atoms with Crippen LogP contribution in [0.3, 0.4) is 0 Å². The van der Waals surface area contributed by atoms with Gasteiger partial charge in [-0.15, -0.1) is 0 Å². The molecule has 4 nitrogen and oxygen atoms in total. The maximum absolute atomic E-state index is 12.4. The van der Waals surface area contributed by atoms with Gasteiger partial charge < -0.3 is 15.2 Å². The lowest BCUT2D eigenvalue weighted by atomic mass is 9.84. The summed E-state index contributed by atoms with van der Waals surface area (Å²) in [6.45, 7) is 3.90. The summed E-state index contributed by atoms with van der Waals surface area (Å²) in [7, 11) is 3.08. The largest absolute Gasteiger partial charge is 0.495 e. The van der Waals surface area contributed by atoms with Crippen LogP contribution in [0.2, 0.25) is 0 Å². The number of methoxy groups -OCH3 is 2. The van der Waals surface area contributed by atoms with Gasteiger partial charge in [-0.25, -0.2) is 0 Å². The van der Waals surface area contributed by atoms with Crippen LogP contribution in [0.1, 0.15) is 24.2 Å². The molecular formula is C13H18BrNO3. The summed E-state index contributed by atoms with van der Waals surface area (Å²) in [6, 6.07) is 3.43. The maximum Gasteiger partial charge on any atom is 0.173 e. The van der Waals surface area contributed by atoms with E-state index in [2.05, 4.69) is 15.9 Å². The highest BCUT2D eigenvalue weighted by molar-refractivity contribution is 9.10. The minimum absolute atomic E-state index is 0.0507. The third-order valence-corrected chi connectivity index (χ3v) is 3.61. The Kier molecular flexibility index (Phi) is 4.76. The fourth-order valence-electron chi connectivity index (χ4n) is 1.53. The van der Waals surface area contributed by atoms with Crippen molar-refractivity contribution in [3.63, 3.8) is 0 Å². The minimum atomic E-state index is -0.624. The molecule has 18 heavy (non-hydrogen) atoms. The number of benzene rings is 1. The molecule has 0 saturated heterocycles. The number of Topliss-reactive ketones (excluding diaryl/α,β-unsaturated/α-hetero) is 1. The van der Waals surface area contributed by atoms with Crippen molar-refractivity contribution in [2.75, 3.05) is 20.8 Å². The predicted molar refractivity (Wildman–Crippen MR) is 74.4 cm³/mol. The van der Waals surface area contributed by atoms with Crippen molar-refractivity contribution in [1.29, 1.82) is 0 Å². The topological polar surface area (TPSA) is 61.5 Å². The Hall–Kier alpha value is -1.07. The summed E-state index contributed by atoms with van der Waals surface area (Å²) >= 11 is 3.38. The van der Waals surface area contributed by atoms with E-state index in [0.29, 0.717) is 21.5 Å². The van der Waals surface area contributed by atoms with Gasteiger partial charge in [0.15, 0.2) is 5.78 Å². The van der Waals surface area contributed by atoms with Crippen LogP contribution in [-0.4, -0.2) is 26.5 Å². The first-order chi connectivity index (χ1) is 8.38. The average molecular weight is 316 g/mol. The minimum Gasteiger partial charge on any atom is -0.495 e. The Balaban J connectivity index is 3.34. The van der Waals surface area contributed by atoms with Crippen LogP contribution < -0.4 is 15.2 Å². The Bertz CT molecular complexity index is 458. The molecule has 0 saturated carbocycles. The first-order valence-corrected chi connectivity index (χ1v) is 6.33. The van der Waals surface area contributed by atoms with Gasteiger partial charge in [0.2, 0.25) is 0 Å². The van der Waals surface area contributed by atoms with Gasteiger partial charge in [-0.1, -0.05) is 13.8 Å². The van der Waals surface area contributed by atoms with Crippen molar-refractivity contribution < 1.29 is 14.3 Å². The lowest BCUT2D eigenvalue weighted by molar-refractivity contribution is 0.0844. The zero-order valence-corrected chi connectivity index (χ0v) is 12.6. The molecule has 0 atom stereocenters. The van der Waals surface area contributed by atoms with Crippen LogP contribution in [-0.2, 0) is 0 Å². The molecule has 1 aromatic rings. The van der Waals surface area contributed by atoms with E-state index in [1.165, 1.54) is 7.11 Å². The summed E-state index contributed by atoms with van der Waals surface area (Å²) in [6.07, 6.45) is 0. The molecule has 0 aliphatic carbocycles. The number of ketones is 1. The van der Waals surface area contributed by atoms with Gasteiger partial charge in [0.25, 0.3) is 0 Å². The third kappa shape index (κ3) is 2.67. The molecule has 0 aromatic heterocycles. The number of nitrogens with two attached hydrogens (primary N) is 1. The standard InChI is InChI=1S/C13H18BrNO3/c1-13(2,7-15)12(16)8-5-6-9(17-3)10(14)11(8)18-4/h5-6H,7,15H2,1-4H3. The second kappa shape index (κ2) is 5.71. The normalized spacial score (nSPS) is 11.2. The van der Waals surface area contributed by atoms with Crippen LogP contribution in [0.5, 0.6) is 11.5 Å². The fraction of sp³-hybridized carbons (Fsp3) is 0.462. The Labute approximate surface area is 116 Å². The van der Waals surface area contributed by atoms with Gasteiger partial charge in [0.1, 0.15) is 16.0 Å². The Morgan fingerprint density at radius 1 is 1.33 bits per heavy atom. The molecule has 5 heteroatoms.